The molecule has 0 amide bonds. The number of hydrogen-bond donors (Lipinski definition) is 1. The SMILES string of the molecule is Cn1cc2c(cc1=O)OCCCCc1cc(C#N)ccc1Oc1ccc(NS(C)(=O)=O)cc1-2. The van der Waals surface area contributed by atoms with E-state index in [1.807, 2.05) is 6.07 Å². The van der Waals surface area contributed by atoms with Crippen LogP contribution in [0.3, 0.4) is 0 Å². The van der Waals surface area contributed by atoms with Crippen molar-refractivity contribution in [2.45, 2.75) is 19.3 Å². The van der Waals surface area contributed by atoms with Crippen molar-refractivity contribution in [2.24, 2.45) is 7.05 Å². The van der Waals surface area contributed by atoms with E-state index in [2.05, 4.69) is 10.8 Å². The fourth-order valence-electron chi connectivity index (χ4n) is 3.70. The molecule has 2 aromatic carbocycles. The Labute approximate surface area is 192 Å². The van der Waals surface area contributed by atoms with Crippen LogP contribution in [-0.4, -0.2) is 25.8 Å². The van der Waals surface area contributed by atoms with Crippen molar-refractivity contribution >= 4 is 15.7 Å². The van der Waals surface area contributed by atoms with E-state index in [4.69, 9.17) is 9.47 Å². The second-order valence-electron chi connectivity index (χ2n) is 7.93. The standard InChI is InChI=1S/C24H23N3O5S/c1-27-15-20-19-12-18(26-33(2,29)30)7-9-22(19)32-21-8-6-16(14-25)11-17(21)5-3-4-10-31-23(20)13-24(27)28/h6-9,11-13,15,26H,3-5,10H2,1-2H3. The number of sulfonamides is 1. The van der Waals surface area contributed by atoms with E-state index in [-0.39, 0.29) is 5.56 Å². The number of anilines is 1. The Morgan fingerprint density at radius 3 is 2.58 bits per heavy atom. The van der Waals surface area contributed by atoms with Crippen LogP contribution in [-0.2, 0) is 23.5 Å². The van der Waals surface area contributed by atoms with Crippen molar-refractivity contribution in [2.75, 3.05) is 17.6 Å². The molecule has 0 spiro atoms. The number of nitriles is 1. The van der Waals surface area contributed by atoms with Crippen LogP contribution in [0, 0.1) is 11.3 Å². The van der Waals surface area contributed by atoms with Gasteiger partial charge in [0.15, 0.2) is 0 Å². The number of rotatable bonds is 2. The van der Waals surface area contributed by atoms with Crippen LogP contribution in [0.1, 0.15) is 24.0 Å². The van der Waals surface area contributed by atoms with E-state index in [0.717, 1.165) is 24.7 Å². The Balaban J connectivity index is 1.93. The molecule has 0 saturated heterocycles. The van der Waals surface area contributed by atoms with E-state index < -0.39 is 10.0 Å². The average molecular weight is 466 g/mol. The third-order valence-electron chi connectivity index (χ3n) is 5.27. The third-order valence-corrected chi connectivity index (χ3v) is 5.88. The smallest absolute Gasteiger partial charge is 0.254 e. The van der Waals surface area contributed by atoms with E-state index in [1.54, 1.807) is 43.6 Å². The Hall–Kier alpha value is -3.77. The predicted octanol–water partition coefficient (Wildman–Crippen LogP) is 3.80. The number of aromatic nitrogens is 1. The zero-order valence-electron chi connectivity index (χ0n) is 18.3. The normalized spacial score (nSPS) is 13.5. The molecule has 0 saturated carbocycles. The number of nitrogens with one attached hydrogen (secondary N) is 1. The van der Waals surface area contributed by atoms with Crippen LogP contribution < -0.4 is 19.8 Å². The van der Waals surface area contributed by atoms with Crippen molar-refractivity contribution in [1.29, 1.82) is 5.26 Å². The van der Waals surface area contributed by atoms with Crippen molar-refractivity contribution in [1.82, 2.24) is 4.57 Å². The maximum Gasteiger partial charge on any atom is 0.254 e. The minimum Gasteiger partial charge on any atom is -0.493 e. The number of benzene rings is 2. The maximum atomic E-state index is 12.3. The fourth-order valence-corrected chi connectivity index (χ4v) is 4.26. The first kappa shape index (κ1) is 22.4. The Morgan fingerprint density at radius 2 is 1.82 bits per heavy atom. The Bertz CT molecular complexity index is 1420. The Kier molecular flexibility index (Phi) is 6.11. The maximum absolute atomic E-state index is 12.3. The van der Waals surface area contributed by atoms with Crippen LogP contribution in [0.25, 0.3) is 11.1 Å². The summed E-state index contributed by atoms with van der Waals surface area (Å²) in [6, 6.07) is 13.8. The quantitative estimate of drug-likeness (QED) is 0.616. The summed E-state index contributed by atoms with van der Waals surface area (Å²) in [5.74, 6) is 1.48. The zero-order valence-corrected chi connectivity index (χ0v) is 19.1. The van der Waals surface area contributed by atoms with Crippen LogP contribution in [0.5, 0.6) is 17.2 Å². The highest BCUT2D eigenvalue weighted by atomic mass is 32.2. The van der Waals surface area contributed by atoms with Crippen LogP contribution >= 0.6 is 0 Å². The van der Waals surface area contributed by atoms with Crippen molar-refractivity contribution in [3.63, 3.8) is 0 Å². The van der Waals surface area contributed by atoms with Gasteiger partial charge >= 0.3 is 0 Å². The summed E-state index contributed by atoms with van der Waals surface area (Å²) in [5.41, 5.74) is 2.74. The highest BCUT2D eigenvalue weighted by Gasteiger charge is 2.19. The first-order chi connectivity index (χ1) is 15.7. The van der Waals surface area contributed by atoms with Crippen molar-refractivity contribution < 1.29 is 17.9 Å². The van der Waals surface area contributed by atoms with Gasteiger partial charge < -0.3 is 14.0 Å². The molecule has 33 heavy (non-hydrogen) atoms. The highest BCUT2D eigenvalue weighted by molar-refractivity contribution is 7.92. The molecule has 1 aliphatic heterocycles. The molecule has 0 atom stereocenters. The van der Waals surface area contributed by atoms with Crippen LogP contribution in [0.15, 0.2) is 53.5 Å². The summed E-state index contributed by atoms with van der Waals surface area (Å²) in [5, 5.41) is 9.29. The minimum absolute atomic E-state index is 0.219. The van der Waals surface area contributed by atoms with Crippen molar-refractivity contribution in [3.8, 4) is 34.4 Å². The number of hydrogen-bond acceptors (Lipinski definition) is 6. The average Bonchev–Trinajstić information content (AvgIpc) is 2.75. The topological polar surface area (TPSA) is 110 Å². The molecule has 4 rings (SSSR count). The highest BCUT2D eigenvalue weighted by Crippen LogP contribution is 2.41. The van der Waals surface area contributed by atoms with Gasteiger partial charge in [0.2, 0.25) is 10.0 Å². The number of fused-ring (bicyclic) bond motifs is 4. The molecular weight excluding hydrogens is 442 g/mol. The van der Waals surface area contributed by atoms with Gasteiger partial charge in [0, 0.05) is 36.1 Å². The van der Waals surface area contributed by atoms with Gasteiger partial charge in [-0.05, 0) is 61.2 Å². The summed E-state index contributed by atoms with van der Waals surface area (Å²) in [6.45, 7) is 0.408. The molecule has 8 nitrogen and oxygen atoms in total. The lowest BCUT2D eigenvalue weighted by atomic mass is 10.0. The predicted molar refractivity (Wildman–Crippen MR) is 125 cm³/mol. The number of nitrogens with zero attached hydrogens (tertiary/aromatic N) is 2. The van der Waals surface area contributed by atoms with Gasteiger partial charge in [-0.15, -0.1) is 0 Å². The number of aryl methyl sites for hydroxylation is 2. The third kappa shape index (κ3) is 5.18. The molecule has 0 aliphatic carbocycles. The van der Waals surface area contributed by atoms with Crippen LogP contribution in [0.4, 0.5) is 5.69 Å². The van der Waals surface area contributed by atoms with Gasteiger partial charge in [-0.3, -0.25) is 9.52 Å². The first-order valence-electron chi connectivity index (χ1n) is 10.4. The molecular formula is C24H23N3O5S. The van der Waals surface area contributed by atoms with Crippen molar-refractivity contribution in [3.05, 3.63) is 70.1 Å². The van der Waals surface area contributed by atoms with Gasteiger partial charge in [0.05, 0.1) is 24.5 Å². The summed E-state index contributed by atoms with van der Waals surface area (Å²) in [6.07, 6.45) is 4.98. The largest absolute Gasteiger partial charge is 0.493 e. The monoisotopic (exact) mass is 465 g/mol. The molecule has 2 heterocycles. The first-order valence-corrected chi connectivity index (χ1v) is 12.3. The summed E-state index contributed by atoms with van der Waals surface area (Å²) in [7, 11) is -1.86. The lowest BCUT2D eigenvalue weighted by Crippen LogP contribution is -2.16. The molecule has 170 valence electrons. The second-order valence-corrected chi connectivity index (χ2v) is 9.68. The summed E-state index contributed by atoms with van der Waals surface area (Å²) >= 11 is 0. The second kappa shape index (κ2) is 9.00. The molecule has 3 aromatic rings. The van der Waals surface area contributed by atoms with Gasteiger partial charge in [-0.25, -0.2) is 8.42 Å². The molecule has 0 unspecified atom stereocenters. The minimum atomic E-state index is -3.50. The zero-order chi connectivity index (χ0) is 23.6. The Morgan fingerprint density at radius 1 is 1.03 bits per heavy atom. The van der Waals surface area contributed by atoms with Gasteiger partial charge in [0.1, 0.15) is 17.2 Å². The summed E-state index contributed by atoms with van der Waals surface area (Å²) < 4.78 is 39.8. The molecule has 0 radical (unpaired) electrons. The molecule has 1 N–H and O–H groups in total. The van der Waals surface area contributed by atoms with E-state index >= 15 is 0 Å². The number of ether oxygens (including phenoxy) is 2. The van der Waals surface area contributed by atoms with Gasteiger partial charge in [-0.2, -0.15) is 5.26 Å². The van der Waals surface area contributed by atoms with E-state index in [9.17, 15) is 18.5 Å². The van der Waals surface area contributed by atoms with Crippen LogP contribution in [0.2, 0.25) is 0 Å². The van der Waals surface area contributed by atoms with E-state index in [1.165, 1.54) is 10.6 Å². The molecule has 9 heteroatoms. The van der Waals surface area contributed by atoms with Gasteiger partial charge in [0.25, 0.3) is 5.56 Å². The summed E-state index contributed by atoms with van der Waals surface area (Å²) in [4.78, 5) is 12.3. The lowest BCUT2D eigenvalue weighted by Gasteiger charge is -2.20. The number of pyridine rings is 1. The van der Waals surface area contributed by atoms with Gasteiger partial charge in [-0.1, -0.05) is 0 Å². The molecule has 1 aliphatic rings. The molecule has 0 bridgehead atoms. The van der Waals surface area contributed by atoms with E-state index in [0.29, 0.717) is 52.7 Å². The fraction of sp³-hybridized carbons (Fsp3) is 0.250. The molecule has 1 aromatic heterocycles. The lowest BCUT2D eigenvalue weighted by molar-refractivity contribution is 0.306. The molecule has 0 fully saturated rings.